The number of hydrogen-bond donors (Lipinski definition) is 2. The van der Waals surface area contributed by atoms with Crippen LogP contribution in [-0.2, 0) is 18.8 Å². The minimum Gasteiger partial charge on any atom is -0.484 e. The Morgan fingerprint density at radius 1 is 1.29 bits per heavy atom. The maximum atomic E-state index is 13.0. The normalized spacial score (nSPS) is 22.3. The number of nitrogens with one attached hydrogen (secondary N) is 1. The van der Waals surface area contributed by atoms with Crippen molar-refractivity contribution < 1.29 is 34.8 Å². The minimum atomic E-state index is -1.46. The number of rotatable bonds is 11. The Morgan fingerprint density at radius 2 is 1.96 bits per heavy atom. The average molecular weight is 647 g/mol. The Labute approximate surface area is 270 Å². The van der Waals surface area contributed by atoms with E-state index in [1.54, 1.807) is 4.57 Å². The summed E-state index contributed by atoms with van der Waals surface area (Å²) in [6, 6.07) is 7.83. The number of Topliss-reactive ketones (excluding diaryl/α,β-unsaturated/α-hetero) is 1. The van der Waals surface area contributed by atoms with Gasteiger partial charge in [0.25, 0.3) is 5.91 Å². The van der Waals surface area contributed by atoms with Crippen LogP contribution in [0, 0.1) is 12.1 Å². The van der Waals surface area contributed by atoms with Crippen LogP contribution in [0.4, 0.5) is 5.82 Å². The van der Waals surface area contributed by atoms with E-state index in [1.165, 1.54) is 26.1 Å². The van der Waals surface area contributed by atoms with Crippen molar-refractivity contribution in [3.05, 3.63) is 41.9 Å². The fourth-order valence-corrected chi connectivity index (χ4v) is 6.84. The minimum absolute atomic E-state index is 0.0985. The summed E-state index contributed by atoms with van der Waals surface area (Å²) < 4.78 is 41.8. The highest BCUT2D eigenvalue weighted by molar-refractivity contribution is 7.55. The van der Waals surface area contributed by atoms with Crippen molar-refractivity contribution in [1.29, 1.82) is 1.43 Å². The first-order valence-electron chi connectivity index (χ1n) is 15.9. The van der Waals surface area contributed by atoms with Crippen molar-refractivity contribution in [2.75, 3.05) is 20.8 Å². The van der Waals surface area contributed by atoms with Gasteiger partial charge in [-0.25, -0.2) is 14.6 Å². The van der Waals surface area contributed by atoms with E-state index in [1.807, 2.05) is 24.3 Å². The van der Waals surface area contributed by atoms with Crippen LogP contribution < -0.4 is 10.1 Å². The number of amidine groups is 1. The molecule has 0 radical (unpaired) electrons. The van der Waals surface area contributed by atoms with E-state index in [9.17, 15) is 9.59 Å². The highest BCUT2D eigenvalue weighted by atomic mass is 31.2. The number of terminal acetylenes is 1. The third-order valence-electron chi connectivity index (χ3n) is 7.23. The molecule has 2 aliphatic heterocycles. The number of fused-ring (bicyclic) bond motifs is 1. The highest BCUT2D eigenvalue weighted by Crippen LogP contribution is 2.49. The number of nitrogens with zero attached hydrogens (tertiary/aromatic N) is 4. The molecule has 2 aliphatic rings. The fraction of sp³-hybridized carbons (Fsp3) is 0.562. The number of aliphatic imine (C=N–C) groups is 1. The summed E-state index contributed by atoms with van der Waals surface area (Å²) in [5, 5.41) is 6.19. The van der Waals surface area contributed by atoms with Crippen LogP contribution in [0.1, 0.15) is 84.4 Å². The van der Waals surface area contributed by atoms with Crippen LogP contribution in [0.2, 0.25) is 0 Å². The number of carbonyl (C=O) groups excluding carboxylic acids is 2. The highest BCUT2D eigenvalue weighted by Gasteiger charge is 2.48. The number of hydrogen-bond acceptors (Lipinski definition) is 10. The molecule has 1 aromatic carbocycles. The van der Waals surface area contributed by atoms with Crippen molar-refractivity contribution >= 4 is 31.6 Å². The molecule has 5 unspecified atom stereocenters. The molecule has 0 saturated carbocycles. The van der Waals surface area contributed by atoms with E-state index in [-0.39, 0.29) is 55.1 Å². The number of amides is 1. The lowest BCUT2D eigenvalue weighted by Crippen LogP contribution is -2.38. The van der Waals surface area contributed by atoms with Crippen molar-refractivity contribution in [1.82, 2.24) is 19.5 Å². The van der Waals surface area contributed by atoms with Crippen LogP contribution in [0.5, 0.6) is 5.75 Å². The summed E-state index contributed by atoms with van der Waals surface area (Å²) in [4.78, 5) is 34.6. The number of methoxy groups -OCH3 is 1. The second-order valence-corrected chi connectivity index (χ2v) is 12.8. The predicted molar refractivity (Wildman–Crippen MR) is 174 cm³/mol. The number of carbonyl (C=O) groups is 2. The zero-order valence-electron chi connectivity index (χ0n) is 29.2. The van der Waals surface area contributed by atoms with Gasteiger partial charge in [-0.3, -0.25) is 14.2 Å². The smallest absolute Gasteiger partial charge is 0.263 e. The Bertz CT molecular complexity index is 1410. The first-order chi connectivity index (χ1) is 22.4. The van der Waals surface area contributed by atoms with Crippen LogP contribution in [0.3, 0.4) is 0 Å². The quantitative estimate of drug-likeness (QED) is 0.261. The second-order valence-electron chi connectivity index (χ2n) is 11.3. The number of ketones is 1. The number of aromatic nitrogens is 2. The maximum absolute atomic E-state index is 13.0. The number of aliphatic hydroxyl groups excluding tert-OH is 1. The molecule has 3 heterocycles. The molecular formula is C32H46N5O7P. The Hall–Kier alpha value is -3.17. The monoisotopic (exact) mass is 646 g/mol. The molecule has 0 aliphatic carbocycles. The average Bonchev–Trinajstić information content (AvgIpc) is 3.60. The molecule has 2 N–H and O–H groups in total. The molecule has 2 aromatic rings. The van der Waals surface area contributed by atoms with E-state index in [0.717, 1.165) is 0 Å². The lowest BCUT2D eigenvalue weighted by molar-refractivity contribution is -0.121. The SMILES string of the molecule is [2H]CC1OC(n2cnc3c2N=C(NC(=O)COc2ccc(C(C)C)cc2)CC3=O)C(OC)C1OP(C#C)N(C(C)C)C(C)C.[3H]OC. The molecule has 5 atom stereocenters. The Balaban J connectivity index is 0.00000192. The summed E-state index contributed by atoms with van der Waals surface area (Å²) in [5.74, 6) is 0.601. The number of benzene rings is 1. The van der Waals surface area contributed by atoms with Gasteiger partial charge in [0.2, 0.25) is 1.43 Å². The molecule has 0 spiro atoms. The second kappa shape index (κ2) is 16.4. The van der Waals surface area contributed by atoms with Gasteiger partial charge in [0.1, 0.15) is 23.8 Å². The van der Waals surface area contributed by atoms with E-state index in [0.29, 0.717) is 11.7 Å². The van der Waals surface area contributed by atoms with Crippen molar-refractivity contribution in [2.45, 2.75) is 97.4 Å². The number of imidazole rings is 1. The zero-order valence-corrected chi connectivity index (χ0v) is 28.1. The summed E-state index contributed by atoms with van der Waals surface area (Å²) >= 11 is 0. The molecule has 1 amide bonds. The van der Waals surface area contributed by atoms with Crippen molar-refractivity contribution in [2.24, 2.45) is 4.99 Å². The molecule has 1 fully saturated rings. The van der Waals surface area contributed by atoms with Gasteiger partial charge >= 0.3 is 0 Å². The molecule has 0 bridgehead atoms. The molecule has 246 valence electrons. The molecule has 12 nitrogen and oxygen atoms in total. The van der Waals surface area contributed by atoms with Gasteiger partial charge in [-0.15, -0.1) is 6.42 Å². The lowest BCUT2D eigenvalue weighted by atomic mass is 10.0. The molecule has 1 saturated heterocycles. The summed E-state index contributed by atoms with van der Waals surface area (Å²) in [5.41, 5.74) is 4.13. The van der Waals surface area contributed by atoms with Gasteiger partial charge in [-0.05, 0) is 63.9 Å². The van der Waals surface area contributed by atoms with Crippen LogP contribution in [0.25, 0.3) is 0 Å². The van der Waals surface area contributed by atoms with Gasteiger partial charge in [0.15, 0.2) is 38.4 Å². The summed E-state index contributed by atoms with van der Waals surface area (Å²) in [7, 11) is 1.36. The van der Waals surface area contributed by atoms with Crippen LogP contribution >= 0.6 is 8.30 Å². The molecule has 4 rings (SSSR count). The molecular weight excluding hydrogens is 597 g/mol. The third kappa shape index (κ3) is 8.55. The predicted octanol–water partition coefficient (Wildman–Crippen LogP) is 4.77. The van der Waals surface area contributed by atoms with Crippen molar-refractivity contribution in [3.8, 4) is 17.8 Å². The van der Waals surface area contributed by atoms with Gasteiger partial charge in [-0.2, -0.15) is 0 Å². The standard InChI is InChI=1S/C31H42N5O6P.CH4O/c1-10-43(36(19(4)5)20(6)7)42-28-21(8)41-31(29(28)39-9)35-17-32-27-24(37)15-25(34-30(27)35)33-26(38)16-40-23-13-11-22(12-14-23)18(2)3;1-2/h1,11-14,17-21,28-29,31H,15-16H2,2-9H3,(H,33,34,38);2H,1H3/i8D;2T. The van der Waals surface area contributed by atoms with Gasteiger partial charge in [0.05, 0.1) is 18.9 Å². The van der Waals surface area contributed by atoms with Gasteiger partial charge in [0, 0.05) is 27.7 Å². The zero-order chi connectivity index (χ0) is 34.8. The van der Waals surface area contributed by atoms with E-state index >= 15 is 0 Å². The van der Waals surface area contributed by atoms with E-state index in [4.69, 9.17) is 28.0 Å². The Morgan fingerprint density at radius 3 is 2.51 bits per heavy atom. The molecule has 1 aromatic heterocycles. The summed E-state index contributed by atoms with van der Waals surface area (Å²) in [6.45, 7) is 12.1. The van der Waals surface area contributed by atoms with Gasteiger partial charge < -0.3 is 29.2 Å². The molecule has 13 heteroatoms. The molecule has 45 heavy (non-hydrogen) atoms. The summed E-state index contributed by atoms with van der Waals surface area (Å²) in [6.07, 6.45) is 4.48. The first kappa shape index (κ1) is 33.2. The van der Waals surface area contributed by atoms with E-state index < -0.39 is 38.7 Å². The lowest BCUT2D eigenvalue weighted by Gasteiger charge is -2.36. The van der Waals surface area contributed by atoms with E-state index in [2.05, 4.69) is 72.3 Å². The Kier molecular flexibility index (Phi) is 12.1. The number of aliphatic hydroxyl groups is 1. The fourth-order valence-electron chi connectivity index (χ4n) is 5.21. The topological polar surface area (TPSA) is 137 Å². The first-order valence-corrected chi connectivity index (χ1v) is 16.0. The largest absolute Gasteiger partial charge is 0.484 e. The van der Waals surface area contributed by atoms with Crippen LogP contribution in [-0.4, -0.2) is 89.5 Å². The maximum Gasteiger partial charge on any atom is 0.263 e. The number of ether oxygens (including phenoxy) is 3. The van der Waals surface area contributed by atoms with Gasteiger partial charge in [-0.1, -0.05) is 26.0 Å². The van der Waals surface area contributed by atoms with Crippen molar-refractivity contribution in [3.63, 3.8) is 0 Å². The third-order valence-corrected chi connectivity index (χ3v) is 9.24. The van der Waals surface area contributed by atoms with Crippen LogP contribution in [0.15, 0.2) is 35.6 Å².